The third-order valence-corrected chi connectivity index (χ3v) is 2.00. The number of carbonyl (C=O) groups is 1. The summed E-state index contributed by atoms with van der Waals surface area (Å²) in [5.41, 5.74) is 0.816. The van der Waals surface area contributed by atoms with Crippen molar-refractivity contribution in [1.29, 1.82) is 0 Å². The Bertz CT molecular complexity index is 210. The first-order valence-electron chi connectivity index (χ1n) is 2.37. The number of aromatic nitrogens is 1. The highest BCUT2D eigenvalue weighted by molar-refractivity contribution is 7.04. The van der Waals surface area contributed by atoms with E-state index in [9.17, 15) is 4.79 Å². The van der Waals surface area contributed by atoms with E-state index in [2.05, 4.69) is 4.37 Å². The van der Waals surface area contributed by atoms with Gasteiger partial charge >= 0.3 is 0 Å². The van der Waals surface area contributed by atoms with Crippen LogP contribution in [0.2, 0.25) is 5.15 Å². The van der Waals surface area contributed by atoms with Crippen LogP contribution in [0.1, 0.15) is 5.56 Å². The number of aldehydes is 1. The number of hydrogen-bond donors (Lipinski definition) is 0. The van der Waals surface area contributed by atoms with E-state index in [1.807, 2.05) is 0 Å². The summed E-state index contributed by atoms with van der Waals surface area (Å²) in [7, 11) is 0. The number of halogens is 1. The van der Waals surface area contributed by atoms with Crippen molar-refractivity contribution in [2.24, 2.45) is 0 Å². The van der Waals surface area contributed by atoms with Crippen LogP contribution in [0, 0.1) is 0 Å². The van der Waals surface area contributed by atoms with Gasteiger partial charge in [-0.25, -0.2) is 0 Å². The Morgan fingerprint density at radius 1 is 1.89 bits per heavy atom. The number of nitrogens with zero attached hydrogens (tertiary/aromatic N) is 1. The molecular formula is C5H4ClNOS. The van der Waals surface area contributed by atoms with Crippen LogP contribution in [0.15, 0.2) is 5.38 Å². The fourth-order valence-corrected chi connectivity index (χ4v) is 1.38. The van der Waals surface area contributed by atoms with Crippen LogP contribution in [-0.4, -0.2) is 10.7 Å². The molecule has 0 N–H and O–H groups in total. The molecule has 4 heteroatoms. The topological polar surface area (TPSA) is 30.0 Å². The third kappa shape index (κ3) is 1.50. The van der Waals surface area contributed by atoms with E-state index >= 15 is 0 Å². The molecule has 0 amide bonds. The molecular weight excluding hydrogens is 158 g/mol. The molecule has 48 valence electrons. The van der Waals surface area contributed by atoms with Crippen LogP contribution in [0.4, 0.5) is 0 Å². The van der Waals surface area contributed by atoms with Crippen molar-refractivity contribution in [3.63, 3.8) is 0 Å². The van der Waals surface area contributed by atoms with Gasteiger partial charge in [-0.05, 0) is 11.5 Å². The molecule has 0 saturated heterocycles. The summed E-state index contributed by atoms with van der Waals surface area (Å²) in [4.78, 5) is 9.94. The molecule has 1 aromatic heterocycles. The molecule has 0 unspecified atom stereocenters. The first-order valence-corrected chi connectivity index (χ1v) is 3.58. The lowest BCUT2D eigenvalue weighted by Gasteiger charge is -1.82. The summed E-state index contributed by atoms with van der Waals surface area (Å²) in [6.45, 7) is 0. The summed E-state index contributed by atoms with van der Waals surface area (Å²) in [5, 5.41) is 2.23. The van der Waals surface area contributed by atoms with Crippen molar-refractivity contribution in [2.75, 3.05) is 0 Å². The first-order chi connectivity index (χ1) is 4.34. The minimum Gasteiger partial charge on any atom is -0.303 e. The predicted molar refractivity (Wildman–Crippen MR) is 36.9 cm³/mol. The van der Waals surface area contributed by atoms with E-state index in [-0.39, 0.29) is 0 Å². The molecule has 2 nitrogen and oxygen atoms in total. The Labute approximate surface area is 61.6 Å². The van der Waals surface area contributed by atoms with Gasteiger partial charge in [-0.2, -0.15) is 4.37 Å². The fraction of sp³-hybridized carbons (Fsp3) is 0.200. The lowest BCUT2D eigenvalue weighted by atomic mass is 10.3. The maximum atomic E-state index is 9.94. The minimum atomic E-state index is 0.370. The Morgan fingerprint density at radius 2 is 2.67 bits per heavy atom. The van der Waals surface area contributed by atoms with E-state index in [4.69, 9.17) is 11.6 Å². The van der Waals surface area contributed by atoms with Gasteiger partial charge in [0.2, 0.25) is 0 Å². The van der Waals surface area contributed by atoms with E-state index in [0.29, 0.717) is 11.6 Å². The highest BCUT2D eigenvalue weighted by atomic mass is 35.5. The van der Waals surface area contributed by atoms with Crippen LogP contribution in [0.5, 0.6) is 0 Å². The number of rotatable bonds is 2. The van der Waals surface area contributed by atoms with Crippen molar-refractivity contribution in [2.45, 2.75) is 6.42 Å². The molecule has 0 aliphatic rings. The van der Waals surface area contributed by atoms with Crippen LogP contribution in [0.3, 0.4) is 0 Å². The van der Waals surface area contributed by atoms with E-state index in [0.717, 1.165) is 11.8 Å². The standard InChI is InChI=1S/C5H4ClNOS/c6-5-4(1-2-8)3-9-7-5/h2-3H,1H2. The quantitative estimate of drug-likeness (QED) is 0.616. The summed E-state index contributed by atoms with van der Waals surface area (Å²) in [6.07, 6.45) is 1.19. The van der Waals surface area contributed by atoms with Crippen molar-refractivity contribution >= 4 is 29.4 Å². The zero-order chi connectivity index (χ0) is 6.69. The normalized spacial score (nSPS) is 9.44. The summed E-state index contributed by atoms with van der Waals surface area (Å²) < 4.78 is 3.78. The smallest absolute Gasteiger partial charge is 0.146 e. The second kappa shape index (κ2) is 2.94. The largest absolute Gasteiger partial charge is 0.303 e. The Hall–Kier alpha value is -0.410. The van der Waals surface area contributed by atoms with Crippen molar-refractivity contribution in [3.8, 4) is 0 Å². The van der Waals surface area contributed by atoms with Gasteiger partial charge in [0.1, 0.15) is 11.4 Å². The lowest BCUT2D eigenvalue weighted by Crippen LogP contribution is -1.81. The summed E-state index contributed by atoms with van der Waals surface area (Å²) in [6, 6.07) is 0. The average molecular weight is 162 g/mol. The molecule has 1 aromatic rings. The molecule has 1 heterocycles. The van der Waals surface area contributed by atoms with E-state index in [1.54, 1.807) is 5.38 Å². The molecule has 0 aromatic carbocycles. The van der Waals surface area contributed by atoms with Crippen molar-refractivity contribution in [3.05, 3.63) is 16.1 Å². The maximum absolute atomic E-state index is 9.94. The van der Waals surface area contributed by atoms with Gasteiger partial charge in [0.25, 0.3) is 0 Å². The first kappa shape index (κ1) is 6.71. The summed E-state index contributed by atoms with van der Waals surface area (Å²) >= 11 is 6.82. The average Bonchev–Trinajstić information content (AvgIpc) is 2.18. The lowest BCUT2D eigenvalue weighted by molar-refractivity contribution is -0.107. The van der Waals surface area contributed by atoms with E-state index < -0.39 is 0 Å². The summed E-state index contributed by atoms with van der Waals surface area (Å²) in [5.74, 6) is 0. The molecule has 0 aliphatic carbocycles. The molecule has 0 fully saturated rings. The fourth-order valence-electron chi connectivity index (χ4n) is 0.466. The molecule has 0 radical (unpaired) electrons. The van der Waals surface area contributed by atoms with Gasteiger partial charge in [0.15, 0.2) is 0 Å². The van der Waals surface area contributed by atoms with Gasteiger partial charge in [-0.15, -0.1) is 0 Å². The molecule has 0 saturated carbocycles. The van der Waals surface area contributed by atoms with Crippen LogP contribution >= 0.6 is 23.1 Å². The van der Waals surface area contributed by atoms with Crippen LogP contribution in [0.25, 0.3) is 0 Å². The van der Waals surface area contributed by atoms with Crippen LogP contribution < -0.4 is 0 Å². The Balaban J connectivity index is 2.80. The Morgan fingerprint density at radius 3 is 3.11 bits per heavy atom. The highest BCUT2D eigenvalue weighted by Gasteiger charge is 1.99. The van der Waals surface area contributed by atoms with Gasteiger partial charge in [0, 0.05) is 17.4 Å². The molecule has 0 bridgehead atoms. The molecule has 0 spiro atoms. The van der Waals surface area contributed by atoms with Gasteiger partial charge < -0.3 is 4.79 Å². The van der Waals surface area contributed by atoms with Crippen molar-refractivity contribution < 1.29 is 4.79 Å². The van der Waals surface area contributed by atoms with Crippen LogP contribution in [-0.2, 0) is 11.2 Å². The monoisotopic (exact) mass is 161 g/mol. The number of hydrogen-bond acceptors (Lipinski definition) is 3. The highest BCUT2D eigenvalue weighted by Crippen LogP contribution is 2.15. The second-order valence-electron chi connectivity index (χ2n) is 1.50. The van der Waals surface area contributed by atoms with Gasteiger partial charge in [-0.1, -0.05) is 11.6 Å². The second-order valence-corrected chi connectivity index (χ2v) is 2.49. The molecule has 9 heavy (non-hydrogen) atoms. The van der Waals surface area contributed by atoms with Crippen molar-refractivity contribution in [1.82, 2.24) is 4.37 Å². The zero-order valence-corrected chi connectivity index (χ0v) is 6.08. The zero-order valence-electron chi connectivity index (χ0n) is 4.50. The number of carbonyl (C=O) groups excluding carboxylic acids is 1. The van der Waals surface area contributed by atoms with Gasteiger partial charge in [0.05, 0.1) is 0 Å². The molecule has 0 aliphatic heterocycles. The minimum absolute atomic E-state index is 0.370. The maximum Gasteiger partial charge on any atom is 0.146 e. The predicted octanol–water partition coefficient (Wildman–Crippen LogP) is 1.54. The van der Waals surface area contributed by atoms with Gasteiger partial charge in [-0.3, -0.25) is 0 Å². The molecule has 1 rings (SSSR count). The SMILES string of the molecule is O=CCc1csnc1Cl. The Kier molecular flexibility index (Phi) is 2.19. The van der Waals surface area contributed by atoms with E-state index in [1.165, 1.54) is 11.5 Å². The third-order valence-electron chi connectivity index (χ3n) is 0.896. The molecule has 0 atom stereocenters.